The van der Waals surface area contributed by atoms with Crippen molar-refractivity contribution in [1.29, 1.82) is 0 Å². The lowest BCUT2D eigenvalue weighted by molar-refractivity contribution is -0.129. The van der Waals surface area contributed by atoms with Crippen LogP contribution in [0, 0.1) is 6.92 Å². The van der Waals surface area contributed by atoms with Crippen LogP contribution >= 0.6 is 11.6 Å². The average Bonchev–Trinajstić information content (AvgIpc) is 2.71. The Morgan fingerprint density at radius 3 is 2.43 bits per heavy atom. The third-order valence-corrected chi connectivity index (χ3v) is 5.18. The molecular weight excluding hydrogens is 370 g/mol. The van der Waals surface area contributed by atoms with Gasteiger partial charge in [-0.1, -0.05) is 57.5 Å². The minimum Gasteiger partial charge on any atom is -0.312 e. The summed E-state index contributed by atoms with van der Waals surface area (Å²) in [5.74, 6) is 0.776. The molecule has 1 saturated heterocycles. The summed E-state index contributed by atoms with van der Waals surface area (Å²) in [6.07, 6.45) is 3.43. The number of amidine groups is 1. The second kappa shape index (κ2) is 11.1. The monoisotopic (exact) mass is 403 g/mol. The van der Waals surface area contributed by atoms with Crippen LogP contribution in [0.15, 0.2) is 51.8 Å². The molecule has 0 N–H and O–H groups in total. The largest absolute Gasteiger partial charge is 0.312 e. The molecule has 1 aliphatic rings. The Kier molecular flexibility index (Phi) is 9.47. The van der Waals surface area contributed by atoms with Gasteiger partial charge < -0.3 is 9.80 Å². The van der Waals surface area contributed by atoms with Gasteiger partial charge in [-0.25, -0.2) is 4.99 Å². The molecule has 0 saturated carbocycles. The number of aryl methyl sites for hydroxylation is 1. The maximum absolute atomic E-state index is 13.0. The molecule has 4 nitrogen and oxygen atoms in total. The van der Waals surface area contributed by atoms with E-state index in [2.05, 4.69) is 13.0 Å². The third kappa shape index (κ3) is 5.05. The molecule has 0 aliphatic carbocycles. The van der Waals surface area contributed by atoms with Crippen LogP contribution in [-0.2, 0) is 4.79 Å². The molecule has 1 aromatic rings. The van der Waals surface area contributed by atoms with E-state index in [9.17, 15) is 4.79 Å². The molecule has 28 heavy (non-hydrogen) atoms. The lowest BCUT2D eigenvalue weighted by Gasteiger charge is -2.42. The Morgan fingerprint density at radius 2 is 1.93 bits per heavy atom. The Bertz CT molecular complexity index is 780. The summed E-state index contributed by atoms with van der Waals surface area (Å²) in [7, 11) is 1.80. The second-order valence-corrected chi connectivity index (χ2v) is 6.92. The normalized spacial score (nSPS) is 20.9. The zero-order valence-corrected chi connectivity index (χ0v) is 19.3. The van der Waals surface area contributed by atoms with Crippen LogP contribution in [0.1, 0.15) is 59.9 Å². The van der Waals surface area contributed by atoms with Crippen molar-refractivity contribution < 1.29 is 4.79 Å². The summed E-state index contributed by atoms with van der Waals surface area (Å²) in [6, 6.07) is 7.83. The number of benzene rings is 1. The first-order chi connectivity index (χ1) is 13.3. The minimum absolute atomic E-state index is 0.0633. The number of halogens is 1. The number of rotatable bonds is 4. The van der Waals surface area contributed by atoms with Gasteiger partial charge in [0.15, 0.2) is 5.84 Å². The second-order valence-electron chi connectivity index (χ2n) is 6.56. The number of aliphatic imine (C=N–C) groups is 1. The molecule has 1 unspecified atom stereocenters. The number of likely N-dealkylation sites (N-methyl/N-ethyl adjacent to an activating group) is 1. The number of hydrogen-bond acceptors (Lipinski definition) is 2. The highest BCUT2D eigenvalue weighted by Crippen LogP contribution is 2.31. The van der Waals surface area contributed by atoms with E-state index in [1.807, 2.05) is 70.7 Å². The van der Waals surface area contributed by atoms with Crippen LogP contribution in [0.25, 0.3) is 0 Å². The smallest absolute Gasteiger partial charge is 0.249 e. The van der Waals surface area contributed by atoms with Gasteiger partial charge in [-0.3, -0.25) is 4.79 Å². The van der Waals surface area contributed by atoms with E-state index >= 15 is 0 Å². The topological polar surface area (TPSA) is 35.9 Å². The van der Waals surface area contributed by atoms with Gasteiger partial charge in [0, 0.05) is 12.7 Å². The van der Waals surface area contributed by atoms with Crippen LogP contribution in [0.5, 0.6) is 0 Å². The van der Waals surface area contributed by atoms with Gasteiger partial charge in [0.05, 0.1) is 5.70 Å². The zero-order chi connectivity index (χ0) is 21.4. The first kappa shape index (κ1) is 24.0. The molecule has 0 bridgehead atoms. The van der Waals surface area contributed by atoms with Gasteiger partial charge >= 0.3 is 0 Å². The number of allylic oxidation sites excluding steroid dienone is 2. The van der Waals surface area contributed by atoms with Crippen LogP contribution in [0.2, 0.25) is 0 Å². The summed E-state index contributed by atoms with van der Waals surface area (Å²) < 4.78 is 0. The number of hydrogen-bond donors (Lipinski definition) is 0. The summed E-state index contributed by atoms with van der Waals surface area (Å²) in [5, 5.41) is 0.483. The van der Waals surface area contributed by atoms with Crippen molar-refractivity contribution >= 4 is 29.0 Å². The molecule has 0 spiro atoms. The van der Waals surface area contributed by atoms with Gasteiger partial charge in [-0.2, -0.15) is 0 Å². The molecule has 154 valence electrons. The van der Waals surface area contributed by atoms with Crippen LogP contribution in [0.3, 0.4) is 0 Å². The number of nitrogens with zero attached hydrogens (tertiary/aromatic N) is 3. The van der Waals surface area contributed by atoms with Gasteiger partial charge in [-0.05, 0) is 56.9 Å². The predicted molar refractivity (Wildman–Crippen MR) is 122 cm³/mol. The number of carbonyl (C=O) groups is 1. The van der Waals surface area contributed by atoms with Gasteiger partial charge in [-0.15, -0.1) is 0 Å². The molecular formula is C23H34ClN3O. The number of amides is 1. The van der Waals surface area contributed by atoms with Crippen LogP contribution < -0.4 is 4.90 Å². The molecule has 1 fully saturated rings. The Morgan fingerprint density at radius 1 is 1.29 bits per heavy atom. The third-order valence-electron chi connectivity index (χ3n) is 4.77. The van der Waals surface area contributed by atoms with E-state index < -0.39 is 0 Å². The molecule has 1 aromatic carbocycles. The van der Waals surface area contributed by atoms with E-state index in [1.54, 1.807) is 11.9 Å². The van der Waals surface area contributed by atoms with Crippen molar-refractivity contribution in [3.05, 3.63) is 52.3 Å². The SMILES string of the molecule is CC.C\C=C1/C(=N\C(Cl)=C(/C)CC)N(c2cccc(C)c2)C(CC)C(=O)N1C. The maximum Gasteiger partial charge on any atom is 0.249 e. The lowest BCUT2D eigenvalue weighted by Crippen LogP contribution is -2.57. The number of carbonyl (C=O) groups excluding carboxylic acids is 1. The number of piperazine rings is 1. The first-order valence-corrected chi connectivity index (χ1v) is 10.5. The zero-order valence-electron chi connectivity index (χ0n) is 18.5. The highest BCUT2D eigenvalue weighted by Gasteiger charge is 2.39. The van der Waals surface area contributed by atoms with Crippen LogP contribution in [-0.4, -0.2) is 29.7 Å². The number of anilines is 1. The summed E-state index contributed by atoms with van der Waals surface area (Å²) in [6.45, 7) is 14.0. The summed E-state index contributed by atoms with van der Waals surface area (Å²) >= 11 is 6.48. The Hall–Kier alpha value is -2.07. The molecule has 0 radical (unpaired) electrons. The molecule has 1 aliphatic heterocycles. The van der Waals surface area contributed by atoms with E-state index in [-0.39, 0.29) is 11.9 Å². The predicted octanol–water partition coefficient (Wildman–Crippen LogP) is 6.26. The quantitative estimate of drug-likeness (QED) is 0.556. The van der Waals surface area contributed by atoms with Crippen molar-refractivity contribution in [3.8, 4) is 0 Å². The van der Waals surface area contributed by atoms with Crippen molar-refractivity contribution in [2.75, 3.05) is 11.9 Å². The fourth-order valence-corrected chi connectivity index (χ4v) is 3.29. The van der Waals surface area contributed by atoms with Crippen molar-refractivity contribution in [1.82, 2.24) is 4.90 Å². The highest BCUT2D eigenvalue weighted by molar-refractivity contribution is 6.31. The van der Waals surface area contributed by atoms with Gasteiger partial charge in [0.1, 0.15) is 11.2 Å². The molecule has 1 atom stereocenters. The average molecular weight is 404 g/mol. The molecule has 5 heteroatoms. The van der Waals surface area contributed by atoms with E-state index in [4.69, 9.17) is 16.6 Å². The van der Waals surface area contributed by atoms with Gasteiger partial charge in [0.25, 0.3) is 0 Å². The Balaban J connectivity index is 0.00000190. The highest BCUT2D eigenvalue weighted by atomic mass is 35.5. The molecule has 1 heterocycles. The summed E-state index contributed by atoms with van der Waals surface area (Å²) in [5.41, 5.74) is 3.88. The fourth-order valence-electron chi connectivity index (χ4n) is 3.08. The Labute approximate surface area is 175 Å². The summed E-state index contributed by atoms with van der Waals surface area (Å²) in [4.78, 5) is 21.4. The molecule has 0 aromatic heterocycles. The van der Waals surface area contributed by atoms with E-state index in [0.717, 1.165) is 28.9 Å². The first-order valence-electron chi connectivity index (χ1n) is 10.1. The lowest BCUT2D eigenvalue weighted by atomic mass is 10.0. The standard InChI is InChI=1S/C21H28ClN3O.C2H6/c1-7-15(5)19(22)23-20-17(8-2)24(6)21(26)18(9-3)25(20)16-12-10-11-14(4)13-16;1-2/h8,10-13,18H,7,9H2,1-6H3;1-2H3/b17-8+,19-15+,23-20+;. The maximum atomic E-state index is 13.0. The van der Waals surface area contributed by atoms with Crippen molar-refractivity contribution in [3.63, 3.8) is 0 Å². The fraction of sp³-hybridized carbons (Fsp3) is 0.478. The minimum atomic E-state index is -0.310. The van der Waals surface area contributed by atoms with E-state index in [1.165, 1.54) is 0 Å². The molecule has 2 rings (SSSR count). The van der Waals surface area contributed by atoms with Crippen molar-refractivity contribution in [2.24, 2.45) is 4.99 Å². The molecule has 1 amide bonds. The van der Waals surface area contributed by atoms with Crippen LogP contribution in [0.4, 0.5) is 5.69 Å². The van der Waals surface area contributed by atoms with Gasteiger partial charge in [0.2, 0.25) is 5.91 Å². The van der Waals surface area contributed by atoms with E-state index in [0.29, 0.717) is 17.4 Å². The van der Waals surface area contributed by atoms with Crippen molar-refractivity contribution in [2.45, 2.75) is 67.3 Å².